The van der Waals surface area contributed by atoms with Crippen molar-refractivity contribution in [3.8, 4) is 0 Å². The number of hydrogen-bond donors (Lipinski definition) is 0. The minimum Gasteiger partial charge on any atom is -0.214 e. The second-order valence-electron chi connectivity index (χ2n) is 6.77. The fraction of sp³-hybridized carbons (Fsp3) is 0.0370. The Hall–Kier alpha value is -2.21. The van der Waals surface area contributed by atoms with E-state index in [9.17, 15) is 14.0 Å². The van der Waals surface area contributed by atoms with E-state index < -0.39 is 15.8 Å². The SMILES string of the molecule is [Fe+2].[Fe+2].[O-][Cl+3]([O-])([O-])OC(c1ccccc1)([c-]1cccc1)[c-]1cccc1.c1cc[cH-]c1.c1cc[cH-]c1. The molecule has 0 unspecified atom stereocenters. The van der Waals surface area contributed by atoms with Gasteiger partial charge in [0, 0.05) is 0 Å². The van der Waals surface area contributed by atoms with Crippen LogP contribution in [0.25, 0.3) is 0 Å². The number of hydrogen-bond acceptors (Lipinski definition) is 4. The molecule has 7 heteroatoms. The predicted octanol–water partition coefficient (Wildman–Crippen LogP) is 3.14. The molecule has 5 aromatic rings. The summed E-state index contributed by atoms with van der Waals surface area (Å²) in [5, 5.41) is 0. The third-order valence-corrected chi connectivity index (χ3v) is 5.06. The second kappa shape index (κ2) is 14.9. The maximum Gasteiger partial charge on any atom is 2.00 e. The zero-order valence-corrected chi connectivity index (χ0v) is 21.0. The molecule has 0 radical (unpaired) electrons. The van der Waals surface area contributed by atoms with Crippen molar-refractivity contribution in [1.82, 2.24) is 0 Å². The van der Waals surface area contributed by atoms with Crippen LogP contribution in [0.15, 0.2) is 140 Å². The first-order chi connectivity index (χ1) is 15.5. The summed E-state index contributed by atoms with van der Waals surface area (Å²) in [6, 6.07) is 42.9. The van der Waals surface area contributed by atoms with Crippen molar-refractivity contribution in [2.24, 2.45) is 0 Å². The molecule has 0 bridgehead atoms. The van der Waals surface area contributed by atoms with E-state index in [4.69, 9.17) is 4.29 Å². The standard InChI is InChI=1S/C17H13ClO4.2C5H5.2Fe/c19-18(20,21)22-17(15-10-4-5-11-15,16-12-6-7-13-16)14-8-2-1-3-9-14;2*1-2-4-5-3-1;;/h1-13H;2*1-5H;;/q-2;2*-1;2*+2. The first kappa shape index (κ1) is 29.8. The molecule has 5 rings (SSSR count). The van der Waals surface area contributed by atoms with Crippen LogP contribution in [0.1, 0.15) is 16.7 Å². The Morgan fingerprint density at radius 2 is 0.971 bits per heavy atom. The van der Waals surface area contributed by atoms with Gasteiger partial charge in [0.05, 0.1) is 14.5 Å². The number of halogens is 1. The monoisotopic (exact) mass is 558 g/mol. The average molecular weight is 559 g/mol. The average Bonchev–Trinajstić information content (AvgIpc) is 3.63. The molecule has 0 saturated heterocycles. The molecular formula is C27H23ClFe2O4. The first-order valence-electron chi connectivity index (χ1n) is 9.97. The Kier molecular flexibility index (Phi) is 13.1. The van der Waals surface area contributed by atoms with Crippen LogP contribution in [0.5, 0.6) is 0 Å². The third kappa shape index (κ3) is 8.53. The van der Waals surface area contributed by atoms with Crippen LogP contribution >= 0.6 is 0 Å². The van der Waals surface area contributed by atoms with Gasteiger partial charge in [-0.3, -0.25) is 0 Å². The van der Waals surface area contributed by atoms with Gasteiger partial charge in [-0.2, -0.15) is 74.6 Å². The molecule has 0 atom stereocenters. The summed E-state index contributed by atoms with van der Waals surface area (Å²) < 4.78 is 39.3. The fourth-order valence-electron chi connectivity index (χ4n) is 3.31. The first-order valence-corrected chi connectivity index (χ1v) is 11.2. The normalized spacial score (nSPS) is 10.4. The van der Waals surface area contributed by atoms with E-state index in [1.165, 1.54) is 0 Å². The molecule has 34 heavy (non-hydrogen) atoms. The van der Waals surface area contributed by atoms with Gasteiger partial charge in [-0.15, -0.1) is 11.1 Å². The zero-order valence-electron chi connectivity index (χ0n) is 18.0. The Morgan fingerprint density at radius 1 is 0.588 bits per heavy atom. The van der Waals surface area contributed by atoms with Crippen LogP contribution < -0.4 is 14.0 Å². The Bertz CT molecular complexity index is 973. The van der Waals surface area contributed by atoms with Crippen molar-refractivity contribution in [2.75, 3.05) is 0 Å². The third-order valence-electron chi connectivity index (χ3n) is 4.64. The molecule has 0 amide bonds. The number of rotatable bonds is 5. The van der Waals surface area contributed by atoms with Crippen LogP contribution in [0.4, 0.5) is 0 Å². The molecule has 5 aromatic carbocycles. The van der Waals surface area contributed by atoms with Gasteiger partial charge in [-0.25, -0.2) is 48.5 Å². The van der Waals surface area contributed by atoms with Gasteiger partial charge in [0.15, 0.2) is 0 Å². The summed E-state index contributed by atoms with van der Waals surface area (Å²) in [6.45, 7) is 0. The van der Waals surface area contributed by atoms with Crippen LogP contribution in [0, 0.1) is 10.2 Å². The molecule has 4 nitrogen and oxygen atoms in total. The van der Waals surface area contributed by atoms with Crippen molar-refractivity contribution in [3.63, 3.8) is 0 Å². The van der Waals surface area contributed by atoms with E-state index in [1.807, 2.05) is 66.7 Å². The number of benzene rings is 1. The van der Waals surface area contributed by atoms with Gasteiger partial charge in [-0.05, 0) is 5.56 Å². The van der Waals surface area contributed by atoms with Gasteiger partial charge in [-0.1, -0.05) is 30.3 Å². The van der Waals surface area contributed by atoms with Gasteiger partial charge in [0.25, 0.3) is 0 Å². The summed E-state index contributed by atoms with van der Waals surface area (Å²) in [5.41, 5.74) is 0.240. The summed E-state index contributed by atoms with van der Waals surface area (Å²) in [4.78, 5) is 0. The maximum atomic E-state index is 11.4. The second-order valence-corrected chi connectivity index (χ2v) is 7.68. The minimum absolute atomic E-state index is 0. The molecule has 0 aliphatic carbocycles. The van der Waals surface area contributed by atoms with Gasteiger partial charge in [0.1, 0.15) is 0 Å². The van der Waals surface area contributed by atoms with Crippen molar-refractivity contribution >= 4 is 0 Å². The molecule has 0 fully saturated rings. The molecule has 0 N–H and O–H groups in total. The summed E-state index contributed by atoms with van der Waals surface area (Å²) in [7, 11) is -4.63. The van der Waals surface area contributed by atoms with Crippen LogP contribution in [0.3, 0.4) is 0 Å². The molecule has 0 saturated carbocycles. The van der Waals surface area contributed by atoms with E-state index in [0.29, 0.717) is 16.7 Å². The molecule has 0 aromatic heterocycles. The molecule has 0 heterocycles. The molecule has 0 aliphatic rings. The largest absolute Gasteiger partial charge is 2.00 e. The van der Waals surface area contributed by atoms with Crippen molar-refractivity contribution in [2.45, 2.75) is 5.60 Å². The van der Waals surface area contributed by atoms with E-state index in [-0.39, 0.29) is 34.1 Å². The van der Waals surface area contributed by atoms with Crippen LogP contribution in [-0.2, 0) is 44.0 Å². The van der Waals surface area contributed by atoms with Gasteiger partial charge in [0.2, 0.25) is 5.60 Å². The summed E-state index contributed by atoms with van der Waals surface area (Å²) in [6.07, 6.45) is 0. The van der Waals surface area contributed by atoms with E-state index >= 15 is 0 Å². The minimum atomic E-state index is -4.63. The van der Waals surface area contributed by atoms with E-state index in [0.717, 1.165) is 0 Å². The van der Waals surface area contributed by atoms with Gasteiger partial charge < -0.3 is 0 Å². The van der Waals surface area contributed by atoms with Crippen molar-refractivity contribution < 1.29 is 62.6 Å². The predicted molar refractivity (Wildman–Crippen MR) is 116 cm³/mol. The van der Waals surface area contributed by atoms with E-state index in [2.05, 4.69) is 0 Å². The van der Waals surface area contributed by atoms with Gasteiger partial charge >= 0.3 is 34.1 Å². The maximum absolute atomic E-state index is 11.4. The zero-order chi connectivity index (χ0) is 22.7. The Morgan fingerprint density at radius 3 is 1.26 bits per heavy atom. The van der Waals surface area contributed by atoms with Crippen LogP contribution in [-0.4, -0.2) is 0 Å². The fourth-order valence-corrected chi connectivity index (χ4v) is 3.86. The topological polar surface area (TPSA) is 78.4 Å². The molecule has 0 spiro atoms. The molecular weight excluding hydrogens is 535 g/mol. The molecule has 178 valence electrons. The van der Waals surface area contributed by atoms with E-state index in [1.54, 1.807) is 72.8 Å². The quantitative estimate of drug-likeness (QED) is 0.245. The smallest absolute Gasteiger partial charge is 0.214 e. The van der Waals surface area contributed by atoms with Crippen molar-refractivity contribution in [3.05, 3.63) is 156 Å². The van der Waals surface area contributed by atoms with Crippen LogP contribution in [0.2, 0.25) is 0 Å². The van der Waals surface area contributed by atoms with Crippen molar-refractivity contribution in [1.29, 1.82) is 0 Å². The Labute approximate surface area is 223 Å². The Balaban J connectivity index is 0.000000399. The summed E-state index contributed by atoms with van der Waals surface area (Å²) in [5.74, 6) is 0. The summed E-state index contributed by atoms with van der Waals surface area (Å²) >= 11 is 0. The molecule has 0 aliphatic heterocycles.